The van der Waals surface area contributed by atoms with Gasteiger partial charge in [-0.2, -0.15) is 5.10 Å². The predicted molar refractivity (Wildman–Crippen MR) is 91.6 cm³/mol. The number of halogens is 2. The van der Waals surface area contributed by atoms with Crippen LogP contribution in [0.5, 0.6) is 0 Å². The molecule has 6 heteroatoms. The second kappa shape index (κ2) is 7.54. The molecule has 1 atom stereocenters. The van der Waals surface area contributed by atoms with Crippen LogP contribution in [0.25, 0.3) is 0 Å². The van der Waals surface area contributed by atoms with Gasteiger partial charge >= 0.3 is 0 Å². The quantitative estimate of drug-likeness (QED) is 0.762. The van der Waals surface area contributed by atoms with Crippen molar-refractivity contribution in [2.45, 2.75) is 30.8 Å². The Morgan fingerprint density at radius 1 is 1.33 bits per heavy atom. The summed E-state index contributed by atoms with van der Waals surface area (Å²) in [5, 5.41) is 9.15. The summed E-state index contributed by atoms with van der Waals surface area (Å²) < 4.78 is 1.97. The van der Waals surface area contributed by atoms with Crippen molar-refractivity contribution < 1.29 is 0 Å². The first-order valence-corrected chi connectivity index (χ1v) is 8.55. The van der Waals surface area contributed by atoms with Crippen LogP contribution < -0.4 is 5.32 Å². The molecule has 0 amide bonds. The molecule has 3 nitrogen and oxygen atoms in total. The molecule has 1 N–H and O–H groups in total. The molecule has 1 aromatic carbocycles. The van der Waals surface area contributed by atoms with Crippen molar-refractivity contribution in [3.8, 4) is 0 Å². The van der Waals surface area contributed by atoms with Gasteiger partial charge in [-0.05, 0) is 39.1 Å². The van der Waals surface area contributed by atoms with Crippen LogP contribution in [0.15, 0.2) is 35.4 Å². The predicted octanol–water partition coefficient (Wildman–Crippen LogP) is 4.82. The summed E-state index contributed by atoms with van der Waals surface area (Å²) in [6, 6.07) is 8.28. The van der Waals surface area contributed by atoms with E-state index in [1.807, 2.05) is 29.9 Å². The van der Waals surface area contributed by atoms with E-state index in [-0.39, 0.29) is 12.1 Å². The Morgan fingerprint density at radius 2 is 2.10 bits per heavy atom. The lowest BCUT2D eigenvalue weighted by molar-refractivity contribution is 0.477. The van der Waals surface area contributed by atoms with Crippen LogP contribution in [0.4, 0.5) is 0 Å². The first kappa shape index (κ1) is 16.7. The Balaban J connectivity index is 2.15. The SMILES string of the molecule is CNC(CSc1cccc(Cl)c1)c1c(Cl)cnn1C(C)C. The molecule has 0 fully saturated rings. The van der Waals surface area contributed by atoms with Gasteiger partial charge < -0.3 is 5.32 Å². The summed E-state index contributed by atoms with van der Waals surface area (Å²) in [5.41, 5.74) is 1.03. The van der Waals surface area contributed by atoms with Gasteiger partial charge in [0.15, 0.2) is 0 Å². The van der Waals surface area contributed by atoms with Gasteiger partial charge in [0.05, 0.1) is 23.0 Å². The van der Waals surface area contributed by atoms with Gasteiger partial charge in [0, 0.05) is 21.7 Å². The van der Waals surface area contributed by atoms with Gasteiger partial charge in [0.1, 0.15) is 0 Å². The molecule has 0 saturated heterocycles. The minimum atomic E-state index is 0.131. The minimum absolute atomic E-state index is 0.131. The maximum Gasteiger partial charge on any atom is 0.0834 e. The maximum atomic E-state index is 6.32. The summed E-state index contributed by atoms with van der Waals surface area (Å²) in [6.07, 6.45) is 1.71. The molecule has 0 aliphatic rings. The highest BCUT2D eigenvalue weighted by Gasteiger charge is 2.20. The minimum Gasteiger partial charge on any atom is -0.311 e. The molecule has 1 aromatic heterocycles. The van der Waals surface area contributed by atoms with E-state index in [1.54, 1.807) is 18.0 Å². The molecule has 0 bridgehead atoms. The molecule has 2 aromatic rings. The van der Waals surface area contributed by atoms with Gasteiger partial charge in [-0.1, -0.05) is 29.3 Å². The number of thioether (sulfide) groups is 1. The first-order valence-electron chi connectivity index (χ1n) is 6.81. The third kappa shape index (κ3) is 4.16. The van der Waals surface area contributed by atoms with E-state index < -0.39 is 0 Å². The van der Waals surface area contributed by atoms with E-state index in [4.69, 9.17) is 23.2 Å². The zero-order chi connectivity index (χ0) is 15.4. The summed E-state index contributed by atoms with van der Waals surface area (Å²) in [5.74, 6) is 0.856. The highest BCUT2D eigenvalue weighted by molar-refractivity contribution is 7.99. The van der Waals surface area contributed by atoms with Crippen LogP contribution in [0.2, 0.25) is 10.0 Å². The van der Waals surface area contributed by atoms with Gasteiger partial charge in [-0.25, -0.2) is 0 Å². The fraction of sp³-hybridized carbons (Fsp3) is 0.400. The van der Waals surface area contributed by atoms with E-state index in [0.29, 0.717) is 5.02 Å². The van der Waals surface area contributed by atoms with Crippen molar-refractivity contribution in [2.75, 3.05) is 12.8 Å². The van der Waals surface area contributed by atoms with E-state index in [9.17, 15) is 0 Å². The lowest BCUT2D eigenvalue weighted by Gasteiger charge is -2.20. The lowest BCUT2D eigenvalue weighted by atomic mass is 10.2. The smallest absolute Gasteiger partial charge is 0.0834 e. The summed E-state index contributed by atoms with van der Waals surface area (Å²) >= 11 is 14.1. The summed E-state index contributed by atoms with van der Waals surface area (Å²) in [7, 11) is 1.94. The van der Waals surface area contributed by atoms with Crippen LogP contribution >= 0.6 is 35.0 Å². The molecule has 2 rings (SSSR count). The Kier molecular flexibility index (Phi) is 5.99. The molecular weight excluding hydrogens is 325 g/mol. The molecule has 0 aliphatic heterocycles. The van der Waals surface area contributed by atoms with Crippen molar-refractivity contribution >= 4 is 35.0 Å². The van der Waals surface area contributed by atoms with Gasteiger partial charge in [0.25, 0.3) is 0 Å². The lowest BCUT2D eigenvalue weighted by Crippen LogP contribution is -2.23. The zero-order valence-corrected chi connectivity index (χ0v) is 14.6. The Morgan fingerprint density at radius 3 is 2.71 bits per heavy atom. The van der Waals surface area contributed by atoms with E-state index >= 15 is 0 Å². The molecule has 0 aliphatic carbocycles. The highest BCUT2D eigenvalue weighted by atomic mass is 35.5. The molecule has 1 heterocycles. The number of rotatable bonds is 6. The van der Waals surface area contributed by atoms with E-state index in [0.717, 1.165) is 21.4 Å². The van der Waals surface area contributed by atoms with Crippen LogP contribution in [0.3, 0.4) is 0 Å². The van der Waals surface area contributed by atoms with Gasteiger partial charge in [0.2, 0.25) is 0 Å². The Hall–Kier alpha value is -0.680. The molecule has 0 saturated carbocycles. The number of hydrogen-bond donors (Lipinski definition) is 1. The Bertz CT molecular complexity index is 598. The number of nitrogens with zero attached hydrogens (tertiary/aromatic N) is 2. The topological polar surface area (TPSA) is 29.9 Å². The normalized spacial score (nSPS) is 12.9. The average molecular weight is 344 g/mol. The zero-order valence-electron chi connectivity index (χ0n) is 12.3. The van der Waals surface area contributed by atoms with Gasteiger partial charge in [-0.15, -0.1) is 11.8 Å². The number of benzene rings is 1. The second-order valence-electron chi connectivity index (χ2n) is 5.03. The summed E-state index contributed by atoms with van der Waals surface area (Å²) in [4.78, 5) is 1.15. The standard InChI is InChI=1S/C15H19Cl2N3S/c1-10(2)20-15(13(17)8-19-20)14(18-3)9-21-12-6-4-5-11(16)7-12/h4-8,10,14,18H,9H2,1-3H3. The van der Waals surface area contributed by atoms with Crippen LogP contribution in [0, 0.1) is 0 Å². The average Bonchev–Trinajstić information content (AvgIpc) is 2.82. The number of nitrogens with one attached hydrogen (secondary N) is 1. The second-order valence-corrected chi connectivity index (χ2v) is 6.96. The molecule has 21 heavy (non-hydrogen) atoms. The molecule has 114 valence electrons. The Labute approximate surface area is 140 Å². The van der Waals surface area contributed by atoms with Gasteiger partial charge in [-0.3, -0.25) is 4.68 Å². The fourth-order valence-electron chi connectivity index (χ4n) is 2.12. The van der Waals surface area contributed by atoms with Crippen molar-refractivity contribution in [1.82, 2.24) is 15.1 Å². The van der Waals surface area contributed by atoms with Crippen molar-refractivity contribution in [1.29, 1.82) is 0 Å². The summed E-state index contributed by atoms with van der Waals surface area (Å²) in [6.45, 7) is 4.20. The molecule has 0 spiro atoms. The number of aromatic nitrogens is 2. The van der Waals surface area contributed by atoms with Crippen LogP contribution in [0.1, 0.15) is 31.6 Å². The highest BCUT2D eigenvalue weighted by Crippen LogP contribution is 2.30. The fourth-order valence-corrected chi connectivity index (χ4v) is 3.71. The van der Waals surface area contributed by atoms with Crippen molar-refractivity contribution in [3.63, 3.8) is 0 Å². The monoisotopic (exact) mass is 343 g/mol. The van der Waals surface area contributed by atoms with Crippen molar-refractivity contribution in [2.24, 2.45) is 0 Å². The number of hydrogen-bond acceptors (Lipinski definition) is 3. The van der Waals surface area contributed by atoms with Crippen LogP contribution in [-0.2, 0) is 0 Å². The maximum absolute atomic E-state index is 6.32. The molecular formula is C15H19Cl2N3S. The largest absolute Gasteiger partial charge is 0.311 e. The third-order valence-corrected chi connectivity index (χ3v) is 4.78. The first-order chi connectivity index (χ1) is 10.0. The third-order valence-electron chi connectivity index (χ3n) is 3.17. The molecule has 1 unspecified atom stereocenters. The van der Waals surface area contributed by atoms with E-state index in [2.05, 4.69) is 30.3 Å². The molecule has 0 radical (unpaired) electrons. The van der Waals surface area contributed by atoms with Crippen LogP contribution in [-0.4, -0.2) is 22.6 Å². The van der Waals surface area contributed by atoms with Crippen molar-refractivity contribution in [3.05, 3.63) is 46.2 Å². The van der Waals surface area contributed by atoms with E-state index in [1.165, 1.54) is 0 Å².